The molecule has 188 valence electrons. The Hall–Kier alpha value is -3.30. The van der Waals surface area contributed by atoms with E-state index in [0.29, 0.717) is 6.42 Å². The normalized spacial score (nSPS) is 14.2. The van der Waals surface area contributed by atoms with Crippen molar-refractivity contribution >= 4 is 34.0 Å². The minimum absolute atomic E-state index is 0.254. The van der Waals surface area contributed by atoms with Gasteiger partial charge in [0.05, 0.1) is 11.2 Å². The number of aryl methyl sites for hydroxylation is 1. The van der Waals surface area contributed by atoms with E-state index in [2.05, 4.69) is 59.0 Å². The Balaban J connectivity index is 1.23. The van der Waals surface area contributed by atoms with E-state index in [1.165, 1.54) is 0 Å². The number of anilines is 1. The second kappa shape index (κ2) is 10.8. The zero-order valence-corrected chi connectivity index (χ0v) is 22.0. The second-order valence-corrected chi connectivity index (χ2v) is 10.3. The van der Waals surface area contributed by atoms with Gasteiger partial charge in [-0.15, -0.1) is 11.3 Å². The predicted molar refractivity (Wildman–Crippen MR) is 146 cm³/mol. The molecule has 0 bridgehead atoms. The third-order valence-electron chi connectivity index (χ3n) is 6.98. The molecule has 0 saturated carbocycles. The summed E-state index contributed by atoms with van der Waals surface area (Å²) in [6, 6.07) is 12.3. The number of hydrogen-bond acceptors (Lipinski definition) is 7. The molecular formula is C27H33N7OS. The Morgan fingerprint density at radius 3 is 2.56 bits per heavy atom. The molecule has 0 radical (unpaired) electrons. The van der Waals surface area contributed by atoms with Gasteiger partial charge in [0.25, 0.3) is 0 Å². The molecule has 1 amide bonds. The molecule has 3 aromatic heterocycles. The first-order chi connectivity index (χ1) is 17.6. The zero-order valence-electron chi connectivity index (χ0n) is 21.2. The van der Waals surface area contributed by atoms with Gasteiger partial charge in [0.2, 0.25) is 5.91 Å². The predicted octanol–water partition coefficient (Wildman–Crippen LogP) is 4.44. The number of thiazole rings is 1. The number of piperazine rings is 1. The van der Waals surface area contributed by atoms with Crippen LogP contribution in [0, 0.1) is 6.92 Å². The number of carbonyl (C=O) groups is 1. The number of aromatic amines is 1. The lowest BCUT2D eigenvalue weighted by atomic mass is 10.2. The van der Waals surface area contributed by atoms with E-state index in [1.807, 2.05) is 29.3 Å². The largest absolute Gasteiger partial charge is 0.353 e. The number of rotatable bonds is 8. The number of nitrogens with zero attached hydrogens (tertiary/aromatic N) is 6. The van der Waals surface area contributed by atoms with Gasteiger partial charge in [-0.2, -0.15) is 5.10 Å². The van der Waals surface area contributed by atoms with Crippen molar-refractivity contribution < 1.29 is 4.79 Å². The fourth-order valence-electron chi connectivity index (χ4n) is 4.74. The van der Waals surface area contributed by atoms with Gasteiger partial charge >= 0.3 is 0 Å². The molecule has 1 aliphatic rings. The molecule has 1 fully saturated rings. The highest BCUT2D eigenvalue weighted by Gasteiger charge is 2.22. The van der Waals surface area contributed by atoms with Crippen LogP contribution in [0.15, 0.2) is 42.6 Å². The highest BCUT2D eigenvalue weighted by Crippen LogP contribution is 2.35. The molecule has 8 nitrogen and oxygen atoms in total. The number of para-hydroxylation sites is 1. The maximum absolute atomic E-state index is 12.6. The summed E-state index contributed by atoms with van der Waals surface area (Å²) in [4.78, 5) is 30.0. The van der Waals surface area contributed by atoms with Gasteiger partial charge in [0.1, 0.15) is 16.5 Å². The Morgan fingerprint density at radius 2 is 1.83 bits per heavy atom. The van der Waals surface area contributed by atoms with Crippen molar-refractivity contribution in [3.05, 3.63) is 47.5 Å². The maximum Gasteiger partial charge on any atom is 0.223 e. The summed E-state index contributed by atoms with van der Waals surface area (Å²) in [7, 11) is 0. The molecule has 1 aromatic carbocycles. The molecule has 1 N–H and O–H groups in total. The van der Waals surface area contributed by atoms with Crippen molar-refractivity contribution in [1.29, 1.82) is 0 Å². The van der Waals surface area contributed by atoms with E-state index >= 15 is 0 Å². The van der Waals surface area contributed by atoms with Crippen LogP contribution in [0.5, 0.6) is 0 Å². The number of benzene rings is 1. The summed E-state index contributed by atoms with van der Waals surface area (Å²) < 4.78 is 0. The summed E-state index contributed by atoms with van der Waals surface area (Å²) >= 11 is 1.65. The van der Waals surface area contributed by atoms with Gasteiger partial charge in [-0.25, -0.2) is 9.97 Å². The van der Waals surface area contributed by atoms with Crippen molar-refractivity contribution in [2.24, 2.45) is 0 Å². The number of fused-ring (bicyclic) bond motifs is 1. The van der Waals surface area contributed by atoms with Crippen LogP contribution >= 0.6 is 11.3 Å². The Bertz CT molecular complexity index is 1320. The fourth-order valence-corrected chi connectivity index (χ4v) is 5.68. The number of amides is 1. The molecule has 9 heteroatoms. The highest BCUT2D eigenvalue weighted by atomic mass is 32.1. The lowest BCUT2D eigenvalue weighted by Crippen LogP contribution is -2.49. The van der Waals surface area contributed by atoms with Crippen molar-refractivity contribution in [2.75, 3.05) is 50.7 Å². The minimum Gasteiger partial charge on any atom is -0.353 e. The van der Waals surface area contributed by atoms with E-state index in [1.54, 1.807) is 11.3 Å². The lowest BCUT2D eigenvalue weighted by Gasteiger charge is -2.35. The van der Waals surface area contributed by atoms with Gasteiger partial charge < -0.3 is 14.7 Å². The highest BCUT2D eigenvalue weighted by molar-refractivity contribution is 7.15. The van der Waals surface area contributed by atoms with Crippen LogP contribution in [0.4, 0.5) is 5.82 Å². The number of hydrogen-bond donors (Lipinski definition) is 1. The summed E-state index contributed by atoms with van der Waals surface area (Å²) in [5.41, 5.74) is 3.85. The average Bonchev–Trinajstić information content (AvgIpc) is 3.53. The van der Waals surface area contributed by atoms with E-state index in [9.17, 15) is 4.79 Å². The van der Waals surface area contributed by atoms with Crippen LogP contribution in [-0.2, 0) is 4.79 Å². The molecular weight excluding hydrogens is 470 g/mol. The number of aromatic nitrogens is 4. The van der Waals surface area contributed by atoms with Crippen LogP contribution in [0.25, 0.3) is 32.9 Å². The van der Waals surface area contributed by atoms with Gasteiger partial charge in [-0.05, 0) is 38.2 Å². The van der Waals surface area contributed by atoms with E-state index in [4.69, 9.17) is 9.97 Å². The molecule has 0 unspecified atom stereocenters. The molecule has 5 rings (SSSR count). The maximum atomic E-state index is 12.6. The topological polar surface area (TPSA) is 81.3 Å². The van der Waals surface area contributed by atoms with Crippen LogP contribution in [0.2, 0.25) is 0 Å². The number of pyridine rings is 1. The van der Waals surface area contributed by atoms with Gasteiger partial charge in [0.15, 0.2) is 0 Å². The minimum atomic E-state index is 0.254. The van der Waals surface area contributed by atoms with E-state index in [-0.39, 0.29) is 5.91 Å². The van der Waals surface area contributed by atoms with Crippen LogP contribution < -0.4 is 4.90 Å². The summed E-state index contributed by atoms with van der Waals surface area (Å²) in [6.07, 6.45) is 2.50. The Morgan fingerprint density at radius 1 is 1.06 bits per heavy atom. The average molecular weight is 504 g/mol. The molecule has 1 aliphatic heterocycles. The molecule has 36 heavy (non-hydrogen) atoms. The standard InChI is InChI=1S/C27H33N7OS/c1-4-32(5-2)13-12-24(35)34-16-14-33(15-17-34)23-11-10-20(18-28-23)25-19(3)36-27(29-25)26-21-8-6-7-9-22(21)30-31-26/h6-11,18H,4-5,12-17H2,1-3H3,(H,30,31). The number of nitrogens with one attached hydrogen (secondary N) is 1. The van der Waals surface area contributed by atoms with E-state index < -0.39 is 0 Å². The molecule has 4 heterocycles. The third kappa shape index (κ3) is 4.99. The van der Waals surface area contributed by atoms with Crippen LogP contribution in [0.3, 0.4) is 0 Å². The first-order valence-corrected chi connectivity index (χ1v) is 13.5. The SMILES string of the molecule is CCN(CC)CCC(=O)N1CCN(c2ccc(-c3nc(-c4n[nH]c5ccccc45)sc3C)cn2)CC1. The third-order valence-corrected chi connectivity index (χ3v) is 7.96. The first-order valence-electron chi connectivity index (χ1n) is 12.7. The van der Waals surface area contributed by atoms with Crippen molar-refractivity contribution in [2.45, 2.75) is 27.2 Å². The Kier molecular flexibility index (Phi) is 7.29. The van der Waals surface area contributed by atoms with Crippen molar-refractivity contribution in [3.63, 3.8) is 0 Å². The molecule has 0 spiro atoms. The lowest BCUT2D eigenvalue weighted by molar-refractivity contribution is -0.131. The van der Waals surface area contributed by atoms with Crippen LogP contribution in [0.1, 0.15) is 25.1 Å². The number of carbonyl (C=O) groups excluding carboxylic acids is 1. The summed E-state index contributed by atoms with van der Waals surface area (Å²) in [5.74, 6) is 1.20. The molecule has 0 atom stereocenters. The molecule has 0 aliphatic carbocycles. The first kappa shape index (κ1) is 24.4. The van der Waals surface area contributed by atoms with Gasteiger partial charge in [-0.1, -0.05) is 32.0 Å². The molecule has 4 aromatic rings. The monoisotopic (exact) mass is 503 g/mol. The molecule has 1 saturated heterocycles. The Labute approximate surface area is 216 Å². The number of H-pyrrole nitrogens is 1. The second-order valence-electron chi connectivity index (χ2n) is 9.09. The summed E-state index contributed by atoms with van der Waals surface area (Å²) in [5, 5.41) is 9.59. The zero-order chi connectivity index (χ0) is 25.1. The van der Waals surface area contributed by atoms with E-state index in [0.717, 1.165) is 89.4 Å². The van der Waals surface area contributed by atoms with Gasteiger partial charge in [-0.3, -0.25) is 9.89 Å². The van der Waals surface area contributed by atoms with Crippen LogP contribution in [-0.4, -0.2) is 81.7 Å². The van der Waals surface area contributed by atoms with Gasteiger partial charge in [0, 0.05) is 61.2 Å². The smallest absolute Gasteiger partial charge is 0.223 e. The van der Waals surface area contributed by atoms with Crippen molar-refractivity contribution in [1.82, 2.24) is 30.0 Å². The quantitative estimate of drug-likeness (QED) is 0.383. The summed E-state index contributed by atoms with van der Waals surface area (Å²) in [6.45, 7) is 12.3. The fraction of sp³-hybridized carbons (Fsp3) is 0.407. The van der Waals surface area contributed by atoms with Crippen molar-refractivity contribution in [3.8, 4) is 22.0 Å².